The summed E-state index contributed by atoms with van der Waals surface area (Å²) in [5.41, 5.74) is 38.2. The molecule has 0 aliphatic rings. The second kappa shape index (κ2) is 41.1. The number of para-hydroxylation sites is 3. The Hall–Kier alpha value is -16.6. The predicted octanol–water partition coefficient (Wildman–Crippen LogP) is 11.7. The maximum Gasteiger partial charge on any atom is 0.309 e. The van der Waals surface area contributed by atoms with Crippen molar-refractivity contribution < 1.29 is 52.7 Å². The van der Waals surface area contributed by atoms with Crippen LogP contribution in [0.25, 0.3) is 76.7 Å². The van der Waals surface area contributed by atoms with Crippen molar-refractivity contribution in [3.8, 4) is 37.2 Å². The summed E-state index contributed by atoms with van der Waals surface area (Å²) in [5, 5.41) is 49.9. The molecule has 0 unspecified atom stereocenters. The summed E-state index contributed by atoms with van der Waals surface area (Å²) in [6.45, 7) is 0. The van der Waals surface area contributed by atoms with Crippen molar-refractivity contribution in [1.29, 1.82) is 0 Å². The number of nitrogens with two attached hydrogens (primary N) is 7. The highest BCUT2D eigenvalue weighted by molar-refractivity contribution is 7.92. The maximum atomic E-state index is 12.4. The maximum absolute atomic E-state index is 12.4. The number of nitrogen functional groups attached to an aromatic ring is 5. The summed E-state index contributed by atoms with van der Waals surface area (Å²) in [6.07, 6.45) is 2.53. The van der Waals surface area contributed by atoms with Gasteiger partial charge in [0.1, 0.15) is 17.8 Å². The summed E-state index contributed by atoms with van der Waals surface area (Å²) in [4.78, 5) is 56.6. The Morgan fingerprint density at radius 2 is 0.693 bits per heavy atom. The van der Waals surface area contributed by atoms with Crippen molar-refractivity contribution in [3.63, 3.8) is 0 Å². The van der Waals surface area contributed by atoms with E-state index in [0.29, 0.717) is 71.7 Å². The lowest BCUT2D eigenvalue weighted by Gasteiger charge is -2.05. The highest BCUT2D eigenvalue weighted by Crippen LogP contribution is 2.36. The van der Waals surface area contributed by atoms with E-state index in [9.17, 15) is 38.5 Å². The second-order valence-corrected chi connectivity index (χ2v) is 41.0. The number of methoxy groups -OCH3 is 3. The molecule has 0 saturated heterocycles. The molecule has 10 aromatic carbocycles. The fourth-order valence-electron chi connectivity index (χ4n) is 12.6. The van der Waals surface area contributed by atoms with Crippen LogP contribution in [0.1, 0.15) is 5.56 Å². The quantitative estimate of drug-likeness (QED) is 0.0136. The smallest absolute Gasteiger partial charge is 0.309 e. The largest absolute Gasteiger partial charge is 0.497 e. The van der Waals surface area contributed by atoms with Gasteiger partial charge in [0.05, 0.1) is 99.8 Å². The first-order valence-electron chi connectivity index (χ1n) is 40.5. The lowest BCUT2D eigenvalue weighted by atomic mass is 10.1. The molecule has 10 aromatic heterocycles. The molecular weight excluding hydrogens is 1980 g/mol. The zero-order valence-corrected chi connectivity index (χ0v) is 81.0. The number of esters is 1. The molecule has 0 amide bonds. The molecule has 0 spiro atoms. The van der Waals surface area contributed by atoms with Crippen LogP contribution in [-0.4, -0.2) is 191 Å². The predicted molar refractivity (Wildman–Crippen MR) is 543 cm³/mol. The minimum absolute atomic E-state index is 0.0231. The number of nitrogens with zero attached hydrogens (tertiary/aromatic N) is 22. The number of nitrogens with one attached hydrogen (secondary N) is 6. The van der Waals surface area contributed by atoms with Gasteiger partial charge in [-0.2, -0.15) is 56.7 Å². The first-order valence-corrected chi connectivity index (χ1v) is 51.0. The molecule has 716 valence electrons. The number of primary sulfonamides is 2. The van der Waals surface area contributed by atoms with Crippen molar-refractivity contribution >= 4 is 254 Å². The average molecular weight is 2060 g/mol. The van der Waals surface area contributed by atoms with Crippen LogP contribution in [0.15, 0.2) is 250 Å². The number of fused-ring (bicyclic) bond motifs is 5. The van der Waals surface area contributed by atoms with Crippen molar-refractivity contribution in [3.05, 3.63) is 236 Å². The minimum atomic E-state index is -3.82. The van der Waals surface area contributed by atoms with E-state index in [0.717, 1.165) is 74.3 Å². The number of hydrogen-bond donors (Lipinski definition) is 13. The van der Waals surface area contributed by atoms with Gasteiger partial charge in [-0.25, -0.2) is 60.5 Å². The highest BCUT2D eigenvalue weighted by Gasteiger charge is 2.23. The van der Waals surface area contributed by atoms with E-state index in [4.69, 9.17) is 53.2 Å². The fourth-order valence-corrected chi connectivity index (χ4v) is 19.9. The molecule has 20 aromatic rings. The Morgan fingerprint density at radius 3 is 1.07 bits per heavy atom. The van der Waals surface area contributed by atoms with E-state index < -0.39 is 40.1 Å². The molecule has 47 nitrogen and oxygen atoms in total. The number of ether oxygens (including phenoxy) is 3. The first-order chi connectivity index (χ1) is 67.0. The van der Waals surface area contributed by atoms with Gasteiger partial charge in [0.25, 0.3) is 10.0 Å². The number of carbonyl (C=O) groups excluding carboxylic acids is 1. The van der Waals surface area contributed by atoms with Gasteiger partial charge in [-0.3, -0.25) is 9.52 Å². The number of rotatable bonds is 26. The second-order valence-electron chi connectivity index (χ2n) is 29.4. The Balaban J connectivity index is 0.000000126. The van der Waals surface area contributed by atoms with Crippen LogP contribution in [-0.2, 0) is 56.0 Å². The molecule has 0 atom stereocenters. The Labute approximate surface area is 814 Å². The Bertz CT molecular complexity index is 8210. The van der Waals surface area contributed by atoms with Crippen LogP contribution < -0.4 is 79.7 Å². The molecule has 56 heteroatoms. The summed E-state index contributed by atoms with van der Waals surface area (Å²) in [6, 6.07) is 66.8. The normalized spacial score (nSPS) is 11.5. The number of sulfonamides is 4. The van der Waals surface area contributed by atoms with Gasteiger partial charge < -0.3 is 74.4 Å². The molecule has 0 aliphatic carbocycles. The molecule has 0 aliphatic heterocycles. The van der Waals surface area contributed by atoms with Gasteiger partial charge in [0.15, 0.2) is 0 Å². The van der Waals surface area contributed by atoms with Gasteiger partial charge in [-0.05, 0) is 163 Å². The average Bonchev–Trinajstić information content (AvgIpc) is 1.67. The van der Waals surface area contributed by atoms with Crippen LogP contribution in [0, 0.1) is 0 Å². The Kier molecular flexibility index (Phi) is 28.4. The van der Waals surface area contributed by atoms with E-state index in [1.54, 1.807) is 93.9 Å². The summed E-state index contributed by atoms with van der Waals surface area (Å²) in [5.74, 6) is 3.30. The molecule has 20 rings (SSSR count). The van der Waals surface area contributed by atoms with Gasteiger partial charge in [-0.15, -0.1) is 29.9 Å². The molecule has 140 heavy (non-hydrogen) atoms. The van der Waals surface area contributed by atoms with E-state index >= 15 is 0 Å². The zero-order valence-electron chi connectivity index (χ0n) is 73.7. The van der Waals surface area contributed by atoms with Gasteiger partial charge in [-0.1, -0.05) is 123 Å². The molecule has 20 N–H and O–H groups in total. The molecule has 10 heterocycles. The van der Waals surface area contributed by atoms with E-state index in [1.807, 2.05) is 133 Å². The van der Waals surface area contributed by atoms with Crippen LogP contribution in [0.4, 0.5) is 93.6 Å². The zero-order chi connectivity index (χ0) is 98.9. The number of aromatic nitrogens is 20. The monoisotopic (exact) mass is 2060 g/mol. The number of thiazole rings is 5. The number of carbonyl (C=O) groups is 1. The molecule has 0 fully saturated rings. The standard InChI is InChI=1S/C18H18N8O2S2.C18H16N6O2S.2C16H15N7O3S2.C16H15N7O2S2/c1-25(2)11-20-30(27,28)13-7-5-6-12(10-13)21-17-23-16(19)26(24-17)18-22-14-8-3-4-9-15(14)29-18;1-26-15(25)10-11-5-4-6-12(9-11)20-17-22-16(19)24(23-17)18-21-13-7-2-3-8-14(13)27-18;1-26-10-5-6-13-12(8-10)20-16(27-13)23-14(17)21-15(22-23)19-9-3-2-4-11(7-9)28(18,24)25;1-26-10-5-6-12-13(8-10)27-16(20-12)23-14(17)21-15(22-23)19-9-3-2-4-11(7-9)28(18,24)25;1-27(24,25)22-11-8-6-10(7-9-11)18-15-20-14(17)23(21-15)16-19-12-4-2-3-5-13(12)26-16/h3-11H,1-2H3,(H3,19,21,23,24);2-9H,10H2,1H3,(H3,19,20,22,23);2*2-8H,1H3,(H2,18,24,25)(H3,17,19,21,22);2-9,22H,1H3,(H3,17,18,20,21). The minimum Gasteiger partial charge on any atom is -0.497 e. The van der Waals surface area contributed by atoms with E-state index in [1.165, 1.54) is 130 Å². The summed E-state index contributed by atoms with van der Waals surface area (Å²) >= 11 is 7.18. The fraction of sp³-hybridized carbons (Fsp3) is 0.0833. The van der Waals surface area contributed by atoms with Crippen molar-refractivity contribution in [2.45, 2.75) is 21.1 Å². The topological polar surface area (TPSA) is 669 Å². The van der Waals surface area contributed by atoms with Crippen LogP contribution in [0.2, 0.25) is 0 Å². The highest BCUT2D eigenvalue weighted by atomic mass is 32.2. The lowest BCUT2D eigenvalue weighted by molar-refractivity contribution is -0.139. The first kappa shape index (κ1) is 96.5. The lowest BCUT2D eigenvalue weighted by Crippen LogP contribution is -2.12. The van der Waals surface area contributed by atoms with Crippen molar-refractivity contribution in [2.24, 2.45) is 14.7 Å². The van der Waals surface area contributed by atoms with Gasteiger partial charge in [0, 0.05) is 54.3 Å². The number of hydrogen-bond acceptors (Lipinski definition) is 42. The molecular formula is C84H79N35O12S9. The summed E-state index contributed by atoms with van der Waals surface area (Å²) in [7, 11) is -6.83. The van der Waals surface area contributed by atoms with Crippen LogP contribution in [0.3, 0.4) is 0 Å². The third kappa shape index (κ3) is 23.9. The molecule has 0 radical (unpaired) electrons. The van der Waals surface area contributed by atoms with E-state index in [2.05, 4.69) is 111 Å². The number of benzene rings is 10. The molecule has 0 saturated carbocycles. The number of anilines is 16. The summed E-state index contributed by atoms with van der Waals surface area (Å²) < 4.78 is 127. The van der Waals surface area contributed by atoms with Gasteiger partial charge >= 0.3 is 5.97 Å². The van der Waals surface area contributed by atoms with Crippen LogP contribution >= 0.6 is 56.7 Å². The van der Waals surface area contributed by atoms with Crippen LogP contribution in [0.5, 0.6) is 11.5 Å². The van der Waals surface area contributed by atoms with Crippen molar-refractivity contribution in [2.75, 3.05) is 102 Å². The van der Waals surface area contributed by atoms with Gasteiger partial charge in [0.2, 0.25) is 115 Å². The SMILES string of the molecule is CN(C)C=NS(=O)(=O)c1cccc(Nc2nc(N)n(-c3nc4ccccc4s3)n2)c1.COC(=O)Cc1cccc(Nc2nc(N)n(-c3nc4ccccc4s3)n2)c1.COc1ccc2nc(-n3nc(Nc4cccc(S(N)(=O)=O)c4)nc3N)sc2c1.COc1ccc2sc(-n3nc(Nc4cccc(S(N)(=O)=O)c4)nc3N)nc2c1.CS(=O)(=O)Nc1ccc(Nc2nc(N)n(-c3nc4ccccc4s3)n2)cc1. The van der Waals surface area contributed by atoms with E-state index in [-0.39, 0.29) is 74.7 Å². The Morgan fingerprint density at radius 1 is 0.364 bits per heavy atom. The van der Waals surface area contributed by atoms with Crippen molar-refractivity contribution in [1.82, 2.24) is 104 Å². The third-order valence-electron chi connectivity index (χ3n) is 18.9. The third-order valence-corrected chi connectivity index (χ3v) is 27.6. The molecule has 0 bridgehead atoms.